The highest BCUT2D eigenvalue weighted by Gasteiger charge is 2.09. The number of carbonyl (C=O) groups excluding carboxylic acids is 1. The van der Waals surface area contributed by atoms with Gasteiger partial charge in [0, 0.05) is 12.2 Å². The average Bonchev–Trinajstić information content (AvgIpc) is 2.69. The van der Waals surface area contributed by atoms with Crippen LogP contribution in [0, 0.1) is 0 Å². The second-order valence-corrected chi connectivity index (χ2v) is 5.62. The highest BCUT2D eigenvalue weighted by atomic mass is 16.5. The van der Waals surface area contributed by atoms with Gasteiger partial charge in [-0.2, -0.15) is 0 Å². The minimum absolute atomic E-state index is 0.261. The summed E-state index contributed by atoms with van der Waals surface area (Å²) in [5.41, 5.74) is 0.919. The zero-order valence-electron chi connectivity index (χ0n) is 14.5. The Morgan fingerprint density at radius 3 is 2.31 bits per heavy atom. The molecule has 0 spiro atoms. The normalized spacial score (nSPS) is 10.2. The largest absolute Gasteiger partial charge is 0.457 e. The van der Waals surface area contributed by atoms with Crippen LogP contribution in [0.3, 0.4) is 0 Å². The number of carbonyl (C=O) groups is 1. The van der Waals surface area contributed by atoms with E-state index in [0.717, 1.165) is 18.7 Å². The molecule has 0 aliphatic rings. The zero-order chi connectivity index (χ0) is 18.2. The average molecular weight is 348 g/mol. The Morgan fingerprint density at radius 1 is 0.923 bits per heavy atom. The SMILES string of the molecule is CCCNc1ccc(C(=O)Nc2ccc(Oc3ccccc3)cc2)nn1. The fraction of sp³-hybridized carbons (Fsp3) is 0.150. The fourth-order valence-electron chi connectivity index (χ4n) is 2.23. The topological polar surface area (TPSA) is 76.1 Å². The summed E-state index contributed by atoms with van der Waals surface area (Å²) in [6.07, 6.45) is 0.994. The maximum absolute atomic E-state index is 12.3. The van der Waals surface area contributed by atoms with Gasteiger partial charge in [0.2, 0.25) is 0 Å². The molecule has 2 N–H and O–H groups in total. The van der Waals surface area contributed by atoms with E-state index in [1.54, 1.807) is 36.4 Å². The van der Waals surface area contributed by atoms with Crippen molar-refractivity contribution in [1.29, 1.82) is 0 Å². The van der Waals surface area contributed by atoms with E-state index in [9.17, 15) is 4.79 Å². The predicted octanol–water partition coefficient (Wildman–Crippen LogP) is 4.34. The lowest BCUT2D eigenvalue weighted by Gasteiger charge is -2.08. The third-order valence-corrected chi connectivity index (χ3v) is 3.54. The zero-order valence-corrected chi connectivity index (χ0v) is 14.5. The Hall–Kier alpha value is -3.41. The van der Waals surface area contributed by atoms with E-state index in [-0.39, 0.29) is 11.6 Å². The van der Waals surface area contributed by atoms with Gasteiger partial charge in [0.15, 0.2) is 5.69 Å². The number of amides is 1. The van der Waals surface area contributed by atoms with Gasteiger partial charge in [0.25, 0.3) is 5.91 Å². The summed E-state index contributed by atoms with van der Waals surface area (Å²) in [6, 6.07) is 20.1. The van der Waals surface area contributed by atoms with Gasteiger partial charge in [-0.1, -0.05) is 25.1 Å². The summed E-state index contributed by atoms with van der Waals surface area (Å²) in [7, 11) is 0. The van der Waals surface area contributed by atoms with Crippen LogP contribution in [-0.4, -0.2) is 22.6 Å². The van der Waals surface area contributed by atoms with Crippen molar-refractivity contribution in [1.82, 2.24) is 10.2 Å². The number of hydrogen-bond donors (Lipinski definition) is 2. The van der Waals surface area contributed by atoms with Crippen LogP contribution >= 0.6 is 0 Å². The van der Waals surface area contributed by atoms with Crippen LogP contribution in [0.25, 0.3) is 0 Å². The molecule has 0 radical (unpaired) electrons. The van der Waals surface area contributed by atoms with Crippen LogP contribution in [0.2, 0.25) is 0 Å². The number of ether oxygens (including phenoxy) is 1. The Bertz CT molecular complexity index is 834. The lowest BCUT2D eigenvalue weighted by Crippen LogP contribution is -2.15. The van der Waals surface area contributed by atoms with Crippen LogP contribution in [0.5, 0.6) is 11.5 Å². The van der Waals surface area contributed by atoms with Gasteiger partial charge in [-0.3, -0.25) is 4.79 Å². The molecule has 0 unspecified atom stereocenters. The Labute approximate surface area is 152 Å². The first-order chi connectivity index (χ1) is 12.7. The second-order valence-electron chi connectivity index (χ2n) is 5.62. The van der Waals surface area contributed by atoms with Gasteiger partial charge in [-0.05, 0) is 55.0 Å². The number of aromatic nitrogens is 2. The summed E-state index contributed by atoms with van der Waals surface area (Å²) in [6.45, 7) is 2.88. The van der Waals surface area contributed by atoms with Gasteiger partial charge in [0.1, 0.15) is 17.3 Å². The molecule has 6 heteroatoms. The first kappa shape index (κ1) is 17.4. The van der Waals surface area contributed by atoms with Crippen LogP contribution in [0.15, 0.2) is 66.7 Å². The number of hydrogen-bond acceptors (Lipinski definition) is 5. The minimum Gasteiger partial charge on any atom is -0.457 e. The van der Waals surface area contributed by atoms with E-state index in [0.29, 0.717) is 17.3 Å². The van der Waals surface area contributed by atoms with Crippen LogP contribution < -0.4 is 15.4 Å². The van der Waals surface area contributed by atoms with Gasteiger partial charge in [0.05, 0.1) is 0 Å². The number of anilines is 2. The molecule has 0 fully saturated rings. The van der Waals surface area contributed by atoms with Gasteiger partial charge in [-0.25, -0.2) is 0 Å². The van der Waals surface area contributed by atoms with Crippen molar-refractivity contribution in [3.63, 3.8) is 0 Å². The molecule has 0 bridgehead atoms. The van der Waals surface area contributed by atoms with Crippen LogP contribution in [0.4, 0.5) is 11.5 Å². The van der Waals surface area contributed by atoms with Gasteiger partial charge >= 0.3 is 0 Å². The van der Waals surface area contributed by atoms with Crippen molar-refractivity contribution in [3.8, 4) is 11.5 Å². The standard InChI is InChI=1S/C20H20N4O2/c1-2-14-21-19-13-12-18(23-24-19)20(25)22-15-8-10-17(11-9-15)26-16-6-4-3-5-7-16/h3-13H,2,14H2,1H3,(H,21,24)(H,22,25). The third-order valence-electron chi connectivity index (χ3n) is 3.54. The van der Waals surface area contributed by atoms with Crippen molar-refractivity contribution in [2.45, 2.75) is 13.3 Å². The summed E-state index contributed by atoms with van der Waals surface area (Å²) < 4.78 is 5.73. The summed E-state index contributed by atoms with van der Waals surface area (Å²) in [5, 5.41) is 13.9. The molecule has 26 heavy (non-hydrogen) atoms. The molecule has 2 aromatic carbocycles. The van der Waals surface area contributed by atoms with Gasteiger partial charge < -0.3 is 15.4 Å². The first-order valence-corrected chi connectivity index (χ1v) is 8.46. The molecule has 3 rings (SSSR count). The molecular formula is C20H20N4O2. The molecule has 3 aromatic rings. The Balaban J connectivity index is 1.59. The van der Waals surface area contributed by atoms with Crippen molar-refractivity contribution in [2.24, 2.45) is 0 Å². The van der Waals surface area contributed by atoms with Gasteiger partial charge in [-0.15, -0.1) is 10.2 Å². The number of nitrogens with one attached hydrogen (secondary N) is 2. The molecule has 1 heterocycles. The lowest BCUT2D eigenvalue weighted by molar-refractivity contribution is 0.102. The lowest BCUT2D eigenvalue weighted by atomic mass is 10.2. The molecular weight excluding hydrogens is 328 g/mol. The minimum atomic E-state index is -0.309. The van der Waals surface area contributed by atoms with Crippen molar-refractivity contribution in [3.05, 3.63) is 72.4 Å². The quantitative estimate of drug-likeness (QED) is 0.664. The third kappa shape index (κ3) is 4.80. The molecule has 0 saturated heterocycles. The number of nitrogens with zero attached hydrogens (tertiary/aromatic N) is 2. The van der Waals surface area contributed by atoms with E-state index in [4.69, 9.17) is 4.74 Å². The molecule has 1 amide bonds. The summed E-state index contributed by atoms with van der Waals surface area (Å²) >= 11 is 0. The smallest absolute Gasteiger partial charge is 0.276 e. The maximum Gasteiger partial charge on any atom is 0.276 e. The van der Waals surface area contributed by atoms with Crippen LogP contribution in [0.1, 0.15) is 23.8 Å². The van der Waals surface area contributed by atoms with E-state index in [1.807, 2.05) is 30.3 Å². The van der Waals surface area contributed by atoms with E-state index in [1.165, 1.54) is 0 Å². The second kappa shape index (κ2) is 8.62. The fourth-order valence-corrected chi connectivity index (χ4v) is 2.23. The number of rotatable bonds is 7. The monoisotopic (exact) mass is 348 g/mol. The molecule has 0 aliphatic heterocycles. The van der Waals surface area contributed by atoms with Crippen LogP contribution in [-0.2, 0) is 0 Å². The van der Waals surface area contributed by atoms with E-state index < -0.39 is 0 Å². The molecule has 0 atom stereocenters. The van der Waals surface area contributed by atoms with Crippen molar-refractivity contribution < 1.29 is 9.53 Å². The molecule has 1 aromatic heterocycles. The molecule has 6 nitrogen and oxygen atoms in total. The molecule has 0 aliphatic carbocycles. The molecule has 0 saturated carbocycles. The van der Waals surface area contributed by atoms with Crippen molar-refractivity contribution >= 4 is 17.4 Å². The summed E-state index contributed by atoms with van der Waals surface area (Å²) in [4.78, 5) is 12.3. The molecule has 132 valence electrons. The Kier molecular flexibility index (Phi) is 5.77. The maximum atomic E-state index is 12.3. The van der Waals surface area contributed by atoms with Crippen molar-refractivity contribution in [2.75, 3.05) is 17.2 Å². The predicted molar refractivity (Wildman–Crippen MR) is 102 cm³/mol. The highest BCUT2D eigenvalue weighted by Crippen LogP contribution is 2.22. The number of para-hydroxylation sites is 1. The Morgan fingerprint density at radius 2 is 1.65 bits per heavy atom. The first-order valence-electron chi connectivity index (χ1n) is 8.46. The van der Waals surface area contributed by atoms with E-state index in [2.05, 4.69) is 27.8 Å². The highest BCUT2D eigenvalue weighted by molar-refractivity contribution is 6.02. The summed E-state index contributed by atoms with van der Waals surface area (Å²) in [5.74, 6) is 1.80. The van der Waals surface area contributed by atoms with E-state index >= 15 is 0 Å². The number of benzene rings is 2.